The van der Waals surface area contributed by atoms with Gasteiger partial charge in [-0.1, -0.05) is 12.1 Å². The van der Waals surface area contributed by atoms with Crippen molar-refractivity contribution in [2.75, 3.05) is 7.05 Å². The first-order valence-electron chi connectivity index (χ1n) is 7.69. The summed E-state index contributed by atoms with van der Waals surface area (Å²) >= 11 is 0. The molecule has 1 amide bonds. The van der Waals surface area contributed by atoms with Crippen molar-refractivity contribution in [1.29, 1.82) is 0 Å². The highest BCUT2D eigenvalue weighted by Gasteiger charge is 2.31. The average Bonchev–Trinajstić information content (AvgIpc) is 3.09. The van der Waals surface area contributed by atoms with Gasteiger partial charge < -0.3 is 14.8 Å². The van der Waals surface area contributed by atoms with E-state index in [1.165, 1.54) is 43.6 Å². The van der Waals surface area contributed by atoms with Gasteiger partial charge in [0.05, 0.1) is 6.20 Å². The lowest BCUT2D eigenvalue weighted by Gasteiger charge is -2.11. The largest absolute Gasteiger partial charge is 0.573 e. The summed E-state index contributed by atoms with van der Waals surface area (Å²) in [4.78, 5) is 20.7. The van der Waals surface area contributed by atoms with Gasteiger partial charge in [0.15, 0.2) is 0 Å². The molecule has 1 aliphatic rings. The van der Waals surface area contributed by atoms with Crippen LogP contribution >= 0.6 is 0 Å². The van der Waals surface area contributed by atoms with Crippen LogP contribution < -0.4 is 20.3 Å². The second kappa shape index (κ2) is 7.54. The number of ether oxygens (including phenoxy) is 2. The summed E-state index contributed by atoms with van der Waals surface area (Å²) in [5.74, 6) is 0.0192. The minimum absolute atomic E-state index is 0.244. The first-order chi connectivity index (χ1) is 12.8. The van der Waals surface area contributed by atoms with E-state index in [-0.39, 0.29) is 23.2 Å². The van der Waals surface area contributed by atoms with E-state index in [0.29, 0.717) is 11.3 Å². The molecule has 2 aromatic rings. The first-order valence-corrected chi connectivity index (χ1v) is 7.69. The fourth-order valence-corrected chi connectivity index (χ4v) is 2.24. The van der Waals surface area contributed by atoms with Crippen molar-refractivity contribution in [3.63, 3.8) is 0 Å². The molecule has 3 rings (SSSR count). The zero-order valence-corrected chi connectivity index (χ0v) is 13.9. The SMILES string of the molecule is CNC(=O)c1ccc(OC2=C[C@@H](c3ccc(OC(F)(F)F)cc3)ON2)cn1. The van der Waals surface area contributed by atoms with Gasteiger partial charge in [0.2, 0.25) is 5.88 Å². The van der Waals surface area contributed by atoms with Crippen molar-refractivity contribution in [1.82, 2.24) is 15.8 Å². The second-order valence-electron chi connectivity index (χ2n) is 5.35. The van der Waals surface area contributed by atoms with Crippen LogP contribution in [0.5, 0.6) is 11.5 Å². The summed E-state index contributed by atoms with van der Waals surface area (Å²) in [7, 11) is 1.50. The Morgan fingerprint density at radius 2 is 1.89 bits per heavy atom. The summed E-state index contributed by atoms with van der Waals surface area (Å²) in [6.45, 7) is 0. The molecule has 0 unspecified atom stereocenters. The van der Waals surface area contributed by atoms with Crippen LogP contribution in [0, 0.1) is 0 Å². The Morgan fingerprint density at radius 1 is 1.19 bits per heavy atom. The lowest BCUT2D eigenvalue weighted by Crippen LogP contribution is -2.19. The Morgan fingerprint density at radius 3 is 2.48 bits per heavy atom. The number of halogens is 3. The molecule has 0 saturated heterocycles. The fourth-order valence-electron chi connectivity index (χ4n) is 2.24. The third-order valence-corrected chi connectivity index (χ3v) is 3.46. The van der Waals surface area contributed by atoms with E-state index in [1.807, 2.05) is 0 Å². The highest BCUT2D eigenvalue weighted by molar-refractivity contribution is 5.91. The molecule has 7 nitrogen and oxygen atoms in total. The molecule has 0 bridgehead atoms. The van der Waals surface area contributed by atoms with Gasteiger partial charge in [0.25, 0.3) is 5.91 Å². The van der Waals surface area contributed by atoms with Crippen LogP contribution in [-0.4, -0.2) is 24.3 Å². The number of aromatic nitrogens is 1. The zero-order chi connectivity index (χ0) is 19.4. The molecule has 27 heavy (non-hydrogen) atoms. The number of benzene rings is 1. The minimum atomic E-state index is -4.74. The number of hydroxylamine groups is 1. The van der Waals surface area contributed by atoms with E-state index in [0.717, 1.165) is 0 Å². The number of hydrogen-bond acceptors (Lipinski definition) is 6. The van der Waals surface area contributed by atoms with Crippen LogP contribution in [0.2, 0.25) is 0 Å². The Balaban J connectivity index is 1.63. The lowest BCUT2D eigenvalue weighted by molar-refractivity contribution is -0.274. The number of nitrogens with one attached hydrogen (secondary N) is 2. The van der Waals surface area contributed by atoms with Crippen LogP contribution in [-0.2, 0) is 4.84 Å². The second-order valence-corrected chi connectivity index (χ2v) is 5.35. The lowest BCUT2D eigenvalue weighted by atomic mass is 10.1. The van der Waals surface area contributed by atoms with Crippen LogP contribution in [0.1, 0.15) is 22.2 Å². The molecule has 10 heteroatoms. The van der Waals surface area contributed by atoms with Gasteiger partial charge in [-0.15, -0.1) is 13.2 Å². The van der Waals surface area contributed by atoms with Gasteiger partial charge >= 0.3 is 6.36 Å². The number of rotatable bonds is 5. The molecule has 0 fully saturated rings. The Kier molecular flexibility index (Phi) is 5.17. The van der Waals surface area contributed by atoms with Crippen molar-refractivity contribution in [3.05, 3.63) is 65.8 Å². The number of hydrogen-bond donors (Lipinski definition) is 2. The van der Waals surface area contributed by atoms with Crippen molar-refractivity contribution in [3.8, 4) is 11.5 Å². The number of alkyl halides is 3. The number of nitrogens with zero attached hydrogens (tertiary/aromatic N) is 1. The van der Waals surface area contributed by atoms with Crippen LogP contribution in [0.25, 0.3) is 0 Å². The smallest absolute Gasteiger partial charge is 0.438 e. The molecule has 1 aromatic carbocycles. The molecule has 0 saturated carbocycles. The monoisotopic (exact) mass is 381 g/mol. The van der Waals surface area contributed by atoms with Gasteiger partial charge in [-0.05, 0) is 29.8 Å². The normalized spacial score (nSPS) is 16.3. The number of pyridine rings is 1. The van der Waals surface area contributed by atoms with Crippen LogP contribution in [0.15, 0.2) is 54.6 Å². The number of carbonyl (C=O) groups is 1. The fraction of sp³-hybridized carbons (Fsp3) is 0.176. The van der Waals surface area contributed by atoms with E-state index < -0.39 is 12.5 Å². The van der Waals surface area contributed by atoms with Gasteiger partial charge in [0, 0.05) is 13.1 Å². The average molecular weight is 381 g/mol. The van der Waals surface area contributed by atoms with E-state index in [1.54, 1.807) is 12.1 Å². The summed E-state index contributed by atoms with van der Waals surface area (Å²) in [5.41, 5.74) is 3.42. The molecule has 1 aromatic heterocycles. The van der Waals surface area contributed by atoms with Crippen LogP contribution in [0.3, 0.4) is 0 Å². The van der Waals surface area contributed by atoms with Gasteiger partial charge in [-0.3, -0.25) is 9.63 Å². The van der Waals surface area contributed by atoms with Gasteiger partial charge in [0.1, 0.15) is 23.3 Å². The maximum Gasteiger partial charge on any atom is 0.573 e. The maximum absolute atomic E-state index is 12.2. The molecular weight excluding hydrogens is 367 g/mol. The molecule has 2 heterocycles. The van der Waals surface area contributed by atoms with Gasteiger partial charge in [-0.25, -0.2) is 10.5 Å². The summed E-state index contributed by atoms with van der Waals surface area (Å²) in [6.07, 6.45) is -2.32. The highest BCUT2D eigenvalue weighted by Crippen LogP contribution is 2.28. The maximum atomic E-state index is 12.2. The predicted molar refractivity (Wildman–Crippen MR) is 86.4 cm³/mol. The van der Waals surface area contributed by atoms with Crippen molar-refractivity contribution in [2.45, 2.75) is 12.5 Å². The van der Waals surface area contributed by atoms with E-state index in [9.17, 15) is 18.0 Å². The standard InChI is InChI=1S/C17H14F3N3O4/c1-21-16(24)13-7-6-12(9-22-13)25-15-8-14(27-23-15)10-2-4-11(5-3-10)26-17(18,19)20/h2-9,14,23H,1H3,(H,21,24)/t14-/m0/s1. The number of amides is 1. The molecule has 1 aliphatic heterocycles. The summed E-state index contributed by atoms with van der Waals surface area (Å²) in [5, 5.41) is 2.46. The van der Waals surface area contributed by atoms with Crippen molar-refractivity contribution < 1.29 is 32.3 Å². The molecule has 142 valence electrons. The van der Waals surface area contributed by atoms with E-state index in [2.05, 4.69) is 20.5 Å². The first kappa shape index (κ1) is 18.5. The minimum Gasteiger partial charge on any atom is -0.438 e. The highest BCUT2D eigenvalue weighted by atomic mass is 19.4. The third-order valence-electron chi connectivity index (χ3n) is 3.46. The van der Waals surface area contributed by atoms with Crippen molar-refractivity contribution in [2.24, 2.45) is 0 Å². The molecule has 2 N–H and O–H groups in total. The van der Waals surface area contributed by atoms with E-state index in [4.69, 9.17) is 9.57 Å². The van der Waals surface area contributed by atoms with E-state index >= 15 is 0 Å². The predicted octanol–water partition coefficient (Wildman–Crippen LogP) is 2.84. The molecular formula is C17H14F3N3O4. The quantitative estimate of drug-likeness (QED) is 0.829. The molecule has 0 aliphatic carbocycles. The molecule has 0 spiro atoms. The Hall–Kier alpha value is -3.27. The summed E-state index contributed by atoms with van der Waals surface area (Å²) < 4.78 is 45.9. The zero-order valence-electron chi connectivity index (χ0n) is 13.9. The Labute approximate surface area is 151 Å². The molecule has 1 atom stereocenters. The topological polar surface area (TPSA) is 81.7 Å². The number of carbonyl (C=O) groups excluding carboxylic acids is 1. The molecule has 0 radical (unpaired) electrons. The third kappa shape index (κ3) is 4.88. The van der Waals surface area contributed by atoms with Gasteiger partial charge in [-0.2, -0.15) is 0 Å². The van der Waals surface area contributed by atoms with Crippen molar-refractivity contribution >= 4 is 5.91 Å². The van der Waals surface area contributed by atoms with Crippen LogP contribution in [0.4, 0.5) is 13.2 Å². The summed E-state index contributed by atoms with van der Waals surface area (Å²) in [6, 6.07) is 8.36. The Bertz CT molecular complexity index is 836.